The third-order valence-corrected chi connectivity index (χ3v) is 12.2. The van der Waals surface area contributed by atoms with Crippen LogP contribution in [0.4, 0.5) is 0 Å². The number of esters is 2. The highest BCUT2D eigenvalue weighted by Crippen LogP contribution is 2.24. The van der Waals surface area contributed by atoms with Gasteiger partial charge in [-0.2, -0.15) is 8.42 Å². The van der Waals surface area contributed by atoms with E-state index in [1.807, 2.05) is 0 Å². The molecule has 0 amide bonds. The minimum absolute atomic E-state index is 0.112. The van der Waals surface area contributed by atoms with Gasteiger partial charge in [0.15, 0.2) is 12.4 Å². The van der Waals surface area contributed by atoms with Gasteiger partial charge in [-0.3, -0.25) is 14.1 Å². The number of allylic oxidation sites excluding steroid dienone is 8. The summed E-state index contributed by atoms with van der Waals surface area (Å²) in [7, 11) is -4.61. The van der Waals surface area contributed by atoms with Crippen LogP contribution in [0, 0.1) is 0 Å². The summed E-state index contributed by atoms with van der Waals surface area (Å²) in [5.74, 6) is -2.03. The van der Waals surface area contributed by atoms with Gasteiger partial charge in [-0.05, 0) is 51.4 Å². The second-order valence-electron chi connectivity index (χ2n) is 17.5. The summed E-state index contributed by atoms with van der Waals surface area (Å²) in [4.78, 5) is 25.5. The Balaban J connectivity index is 2.38. The minimum Gasteiger partial charge on any atom is -0.462 e. The Morgan fingerprint density at radius 1 is 0.547 bits per heavy atom. The van der Waals surface area contributed by atoms with Gasteiger partial charge in [0.1, 0.15) is 36.8 Å². The topological polar surface area (TPSA) is 186 Å². The summed E-state index contributed by atoms with van der Waals surface area (Å²) in [6.45, 7) is 3.63. The monoisotopic (exact) mass is 927 g/mol. The van der Waals surface area contributed by atoms with Gasteiger partial charge in [0.25, 0.3) is 10.1 Å². The van der Waals surface area contributed by atoms with E-state index in [2.05, 4.69) is 62.5 Å². The molecule has 1 aliphatic heterocycles. The minimum atomic E-state index is -4.61. The normalized spacial score (nSPS) is 20.0. The Kier molecular flexibility index (Phi) is 38.1. The lowest BCUT2D eigenvalue weighted by Crippen LogP contribution is -2.60. The molecule has 64 heavy (non-hydrogen) atoms. The molecule has 1 saturated heterocycles. The van der Waals surface area contributed by atoms with Crippen LogP contribution >= 0.6 is 0 Å². The third-order valence-electron chi connectivity index (χ3n) is 11.4. The van der Waals surface area contributed by atoms with Gasteiger partial charge in [0.2, 0.25) is 0 Å². The number of rotatable bonds is 42. The van der Waals surface area contributed by atoms with Crippen LogP contribution in [0.3, 0.4) is 0 Å². The summed E-state index contributed by atoms with van der Waals surface area (Å²) < 4.78 is 54.1. The number of aliphatic hydroxyl groups excluding tert-OH is 3. The van der Waals surface area contributed by atoms with E-state index in [4.69, 9.17) is 18.9 Å². The second-order valence-corrected chi connectivity index (χ2v) is 19.0. The summed E-state index contributed by atoms with van der Waals surface area (Å²) in [6.07, 6.45) is 40.2. The lowest BCUT2D eigenvalue weighted by atomic mass is 10.00. The maximum atomic E-state index is 12.8. The van der Waals surface area contributed by atoms with Crippen LogP contribution in [-0.4, -0.2) is 96.0 Å². The fourth-order valence-electron chi connectivity index (χ4n) is 7.55. The van der Waals surface area contributed by atoms with Crippen LogP contribution in [0.1, 0.15) is 206 Å². The molecule has 12 nitrogen and oxygen atoms in total. The lowest BCUT2D eigenvalue weighted by Gasteiger charge is -2.40. The number of carbonyl (C=O) groups excluding carboxylic acids is 2. The van der Waals surface area contributed by atoms with Crippen molar-refractivity contribution >= 4 is 22.1 Å². The molecular weight excluding hydrogens is 837 g/mol. The zero-order chi connectivity index (χ0) is 46.9. The number of hydrogen-bond acceptors (Lipinski definition) is 11. The number of carbonyl (C=O) groups is 2. The molecule has 1 fully saturated rings. The van der Waals surface area contributed by atoms with Crippen LogP contribution < -0.4 is 0 Å². The van der Waals surface area contributed by atoms with Crippen LogP contribution in [0.2, 0.25) is 0 Å². The fraction of sp³-hybridized carbons (Fsp3) is 0.804. The molecule has 1 rings (SSSR count). The maximum absolute atomic E-state index is 12.8. The van der Waals surface area contributed by atoms with Crippen molar-refractivity contribution in [3.8, 4) is 0 Å². The zero-order valence-electron chi connectivity index (χ0n) is 39.9. The Labute approximate surface area is 388 Å². The zero-order valence-corrected chi connectivity index (χ0v) is 40.7. The molecule has 1 aliphatic rings. The van der Waals surface area contributed by atoms with Gasteiger partial charge in [-0.1, -0.05) is 191 Å². The Morgan fingerprint density at radius 3 is 1.47 bits per heavy atom. The maximum Gasteiger partial charge on any atom is 0.306 e. The predicted octanol–water partition coefficient (Wildman–Crippen LogP) is 11.1. The molecule has 0 bridgehead atoms. The van der Waals surface area contributed by atoms with Crippen molar-refractivity contribution in [1.82, 2.24) is 0 Å². The first kappa shape index (κ1) is 59.6. The molecule has 1 heterocycles. The van der Waals surface area contributed by atoms with Crippen LogP contribution in [0.5, 0.6) is 0 Å². The Hall–Kier alpha value is -2.39. The lowest BCUT2D eigenvalue weighted by molar-refractivity contribution is -0.297. The molecule has 2 unspecified atom stereocenters. The highest BCUT2D eigenvalue weighted by molar-refractivity contribution is 7.85. The Bertz CT molecular complexity index is 1360. The van der Waals surface area contributed by atoms with Crippen LogP contribution in [0.15, 0.2) is 48.6 Å². The van der Waals surface area contributed by atoms with E-state index in [0.29, 0.717) is 12.8 Å². The van der Waals surface area contributed by atoms with Crippen molar-refractivity contribution in [1.29, 1.82) is 0 Å². The van der Waals surface area contributed by atoms with Crippen LogP contribution in [-0.2, 0) is 38.7 Å². The standard InChI is InChI=1S/C51H90O12S/c1-3-5-7-9-11-13-15-17-19-20-21-22-23-24-26-27-29-31-33-35-37-39-46(52)60-41-44(42-61-51-50(56)49(55)48(54)45(63-51)43-64(57,58)59)62-47(53)40-38-36-34-32-30-28-25-18-16-14-12-10-8-6-4-2/h6,8,12,14,18,25,30,32,44-45,48-51,54-56H,3-5,7,9-11,13,15-17,19-24,26-29,31,33-43H2,1-2H3,(H,57,58,59)/b8-6+,14-12+,25-18+,32-30+/t44-,45-,48-,49?,50?,51+/m1/s1. The summed E-state index contributed by atoms with van der Waals surface area (Å²) in [6, 6.07) is 0. The first-order valence-corrected chi connectivity index (χ1v) is 26.8. The number of hydrogen-bond donors (Lipinski definition) is 4. The molecule has 0 saturated carbocycles. The van der Waals surface area contributed by atoms with Crippen LogP contribution in [0.25, 0.3) is 0 Å². The first-order valence-electron chi connectivity index (χ1n) is 25.2. The van der Waals surface area contributed by atoms with Crippen molar-refractivity contribution in [3.63, 3.8) is 0 Å². The molecule has 0 aromatic rings. The SMILES string of the molecule is CC/C=C/C/C=C/C/C=C/C/C=C/CCCCC(=O)O[C@H](COC(=O)CCCCCCCCCCCCCCCCCCCCCCC)CO[C@H]1O[C@H](CS(=O)(=O)O)[C@@H](O)C(O)C1O. The predicted molar refractivity (Wildman–Crippen MR) is 256 cm³/mol. The highest BCUT2D eigenvalue weighted by atomic mass is 32.2. The molecule has 0 aromatic heterocycles. The molecule has 13 heteroatoms. The van der Waals surface area contributed by atoms with Crippen molar-refractivity contribution < 1.29 is 56.8 Å². The van der Waals surface area contributed by atoms with Gasteiger partial charge in [-0.25, -0.2) is 0 Å². The molecule has 0 aromatic carbocycles. The van der Waals surface area contributed by atoms with E-state index >= 15 is 0 Å². The molecular formula is C51H90O12S. The molecule has 4 N–H and O–H groups in total. The Morgan fingerprint density at radius 2 is 0.984 bits per heavy atom. The van der Waals surface area contributed by atoms with Crippen molar-refractivity contribution in [2.24, 2.45) is 0 Å². The quantitative estimate of drug-likeness (QED) is 0.0197. The number of ether oxygens (including phenoxy) is 4. The number of aliphatic hydroxyl groups is 3. The van der Waals surface area contributed by atoms with E-state index in [9.17, 15) is 37.9 Å². The first-order chi connectivity index (χ1) is 31.0. The van der Waals surface area contributed by atoms with Gasteiger partial charge in [-0.15, -0.1) is 0 Å². The smallest absolute Gasteiger partial charge is 0.306 e. The largest absolute Gasteiger partial charge is 0.462 e. The van der Waals surface area contributed by atoms with Crippen molar-refractivity contribution in [3.05, 3.63) is 48.6 Å². The average Bonchev–Trinajstić information content (AvgIpc) is 3.26. The van der Waals surface area contributed by atoms with Gasteiger partial charge in [0.05, 0.1) is 6.61 Å². The summed E-state index contributed by atoms with van der Waals surface area (Å²) >= 11 is 0. The van der Waals surface area contributed by atoms with Gasteiger partial charge in [0, 0.05) is 12.8 Å². The van der Waals surface area contributed by atoms with Gasteiger partial charge >= 0.3 is 11.9 Å². The highest BCUT2D eigenvalue weighted by Gasteiger charge is 2.46. The third kappa shape index (κ3) is 34.9. The average molecular weight is 927 g/mol. The molecule has 0 aliphatic carbocycles. The summed E-state index contributed by atoms with van der Waals surface area (Å²) in [5, 5.41) is 30.9. The van der Waals surface area contributed by atoms with E-state index in [0.717, 1.165) is 57.8 Å². The van der Waals surface area contributed by atoms with Crippen molar-refractivity contribution in [2.45, 2.75) is 243 Å². The fourth-order valence-corrected chi connectivity index (χ4v) is 8.24. The second kappa shape index (κ2) is 40.8. The molecule has 0 radical (unpaired) electrons. The van der Waals surface area contributed by atoms with E-state index in [1.54, 1.807) is 0 Å². The molecule has 372 valence electrons. The van der Waals surface area contributed by atoms with E-state index in [1.165, 1.54) is 109 Å². The number of unbranched alkanes of at least 4 members (excludes halogenated alkanes) is 22. The van der Waals surface area contributed by atoms with Gasteiger partial charge < -0.3 is 34.3 Å². The van der Waals surface area contributed by atoms with E-state index < -0.39 is 71.2 Å². The van der Waals surface area contributed by atoms with E-state index in [-0.39, 0.29) is 19.4 Å². The molecule has 0 spiro atoms. The van der Waals surface area contributed by atoms with Crippen molar-refractivity contribution in [2.75, 3.05) is 19.0 Å². The molecule has 6 atom stereocenters. The summed E-state index contributed by atoms with van der Waals surface area (Å²) in [5.41, 5.74) is 0.